The van der Waals surface area contributed by atoms with E-state index >= 15 is 0 Å². The average Bonchev–Trinajstić information content (AvgIpc) is 3.10. The highest BCUT2D eigenvalue weighted by Gasteiger charge is 2.31. The number of fused-ring (bicyclic) bond motifs is 2. The molecule has 0 radical (unpaired) electrons. The molecule has 1 aromatic heterocycles. The van der Waals surface area contributed by atoms with Crippen molar-refractivity contribution in [2.75, 3.05) is 13.7 Å². The molecule has 3 nitrogen and oxygen atoms in total. The molecule has 0 fully saturated rings. The molecule has 1 aliphatic carbocycles. The lowest BCUT2D eigenvalue weighted by molar-refractivity contribution is 0.342. The summed E-state index contributed by atoms with van der Waals surface area (Å²) < 4.78 is 5.80. The van der Waals surface area contributed by atoms with E-state index in [9.17, 15) is 0 Å². The molecule has 0 amide bonds. The Balaban J connectivity index is 1.73. The highest BCUT2D eigenvalue weighted by Crippen LogP contribution is 2.42. The number of nitrogens with zero attached hydrogens (tertiary/aromatic N) is 1. The number of aromatic nitrogens is 1. The molecule has 1 aromatic carbocycles. The Kier molecular flexibility index (Phi) is 3.00. The summed E-state index contributed by atoms with van der Waals surface area (Å²) in [5, 5.41) is 4.62. The second kappa shape index (κ2) is 4.86. The van der Waals surface area contributed by atoms with Gasteiger partial charge in [0.05, 0.1) is 17.7 Å². The van der Waals surface area contributed by atoms with E-state index in [-0.39, 0.29) is 0 Å². The molecule has 0 saturated carbocycles. The predicted molar refractivity (Wildman–Crippen MR) is 80.6 cm³/mol. The zero-order chi connectivity index (χ0) is 13.5. The molecule has 4 rings (SSSR count). The fraction of sp³-hybridized carbons (Fsp3) is 0.438. The van der Waals surface area contributed by atoms with Gasteiger partial charge in [-0.1, -0.05) is 18.2 Å². The molecular weight excluding hydrogens is 268 g/mol. The van der Waals surface area contributed by atoms with E-state index in [0.717, 1.165) is 12.4 Å². The number of thiazole rings is 1. The molecule has 1 N–H and O–H groups in total. The van der Waals surface area contributed by atoms with Crippen molar-refractivity contribution < 1.29 is 4.74 Å². The molecule has 2 aliphatic rings. The van der Waals surface area contributed by atoms with Crippen molar-refractivity contribution in [2.45, 2.75) is 31.2 Å². The Bertz CT molecular complexity index is 637. The molecule has 2 aromatic rings. The third-order valence-corrected chi connectivity index (χ3v) is 5.56. The van der Waals surface area contributed by atoms with E-state index in [1.165, 1.54) is 40.4 Å². The van der Waals surface area contributed by atoms with Gasteiger partial charge in [0.2, 0.25) is 0 Å². The van der Waals surface area contributed by atoms with Crippen molar-refractivity contribution in [1.29, 1.82) is 0 Å². The van der Waals surface area contributed by atoms with Crippen LogP contribution in [0.15, 0.2) is 24.3 Å². The summed E-state index contributed by atoms with van der Waals surface area (Å²) >= 11 is 1.88. The van der Waals surface area contributed by atoms with Crippen LogP contribution in [0.1, 0.15) is 45.9 Å². The third-order valence-electron chi connectivity index (χ3n) is 4.32. The molecule has 2 heterocycles. The molecule has 0 saturated heterocycles. The van der Waals surface area contributed by atoms with Crippen LogP contribution in [-0.4, -0.2) is 18.6 Å². The molecule has 2 unspecified atom stereocenters. The van der Waals surface area contributed by atoms with Gasteiger partial charge >= 0.3 is 0 Å². The van der Waals surface area contributed by atoms with E-state index in [1.54, 1.807) is 0 Å². The van der Waals surface area contributed by atoms with Crippen LogP contribution in [0.4, 0.5) is 0 Å². The number of ether oxygens (including phenoxy) is 1. The zero-order valence-electron chi connectivity index (χ0n) is 11.6. The number of para-hydroxylation sites is 1. The van der Waals surface area contributed by atoms with Crippen LogP contribution in [0.3, 0.4) is 0 Å². The van der Waals surface area contributed by atoms with Crippen molar-refractivity contribution in [3.63, 3.8) is 0 Å². The summed E-state index contributed by atoms with van der Waals surface area (Å²) in [4.78, 5) is 6.43. The van der Waals surface area contributed by atoms with E-state index in [0.29, 0.717) is 12.0 Å². The molecule has 4 heteroatoms. The molecule has 104 valence electrons. The maximum atomic E-state index is 5.80. The van der Waals surface area contributed by atoms with Crippen LogP contribution in [0.5, 0.6) is 5.75 Å². The molecule has 0 spiro atoms. The Morgan fingerprint density at radius 2 is 2.25 bits per heavy atom. The Morgan fingerprint density at radius 3 is 3.15 bits per heavy atom. The molecule has 0 bridgehead atoms. The fourth-order valence-corrected chi connectivity index (χ4v) is 4.51. The van der Waals surface area contributed by atoms with Crippen molar-refractivity contribution in [3.8, 4) is 5.75 Å². The van der Waals surface area contributed by atoms with E-state index in [4.69, 9.17) is 9.72 Å². The lowest BCUT2D eigenvalue weighted by Crippen LogP contribution is -2.21. The van der Waals surface area contributed by atoms with Crippen molar-refractivity contribution in [3.05, 3.63) is 45.4 Å². The molecule has 1 aliphatic heterocycles. The largest absolute Gasteiger partial charge is 0.492 e. The SMILES string of the molecule is CNC1CCCc2sc(C3COc4ccccc43)nc21. The van der Waals surface area contributed by atoms with E-state index in [2.05, 4.69) is 23.5 Å². The minimum absolute atomic E-state index is 0.319. The van der Waals surface area contributed by atoms with Gasteiger partial charge in [-0.15, -0.1) is 11.3 Å². The lowest BCUT2D eigenvalue weighted by atomic mass is 9.97. The highest BCUT2D eigenvalue weighted by atomic mass is 32.1. The van der Waals surface area contributed by atoms with Gasteiger partial charge in [0.15, 0.2) is 0 Å². The zero-order valence-corrected chi connectivity index (χ0v) is 12.4. The van der Waals surface area contributed by atoms with Crippen LogP contribution in [-0.2, 0) is 6.42 Å². The van der Waals surface area contributed by atoms with Gasteiger partial charge in [-0.2, -0.15) is 0 Å². The number of benzene rings is 1. The first-order valence-corrected chi connectivity index (χ1v) is 8.07. The maximum Gasteiger partial charge on any atom is 0.123 e. The van der Waals surface area contributed by atoms with Crippen molar-refractivity contribution >= 4 is 11.3 Å². The number of rotatable bonds is 2. The third kappa shape index (κ3) is 1.86. The summed E-state index contributed by atoms with van der Waals surface area (Å²) in [5.41, 5.74) is 2.57. The first-order chi connectivity index (χ1) is 9.86. The van der Waals surface area contributed by atoms with Gasteiger partial charge in [0.1, 0.15) is 17.4 Å². The van der Waals surface area contributed by atoms with Crippen LogP contribution < -0.4 is 10.1 Å². The number of aryl methyl sites for hydroxylation is 1. The molecule has 2 atom stereocenters. The van der Waals surface area contributed by atoms with Crippen LogP contribution in [0.2, 0.25) is 0 Å². The second-order valence-corrected chi connectivity index (χ2v) is 6.61. The summed E-state index contributed by atoms with van der Waals surface area (Å²) in [6.07, 6.45) is 3.64. The number of nitrogens with one attached hydrogen (secondary N) is 1. The van der Waals surface area contributed by atoms with Gasteiger partial charge in [0.25, 0.3) is 0 Å². The Morgan fingerprint density at radius 1 is 1.35 bits per heavy atom. The number of hydrogen-bond donors (Lipinski definition) is 1. The summed E-state index contributed by atoms with van der Waals surface area (Å²) in [5.74, 6) is 1.34. The minimum Gasteiger partial charge on any atom is -0.492 e. The van der Waals surface area contributed by atoms with Gasteiger partial charge in [0, 0.05) is 10.4 Å². The van der Waals surface area contributed by atoms with Gasteiger partial charge in [-0.3, -0.25) is 0 Å². The Hall–Kier alpha value is -1.39. The second-order valence-electron chi connectivity index (χ2n) is 5.50. The number of hydrogen-bond acceptors (Lipinski definition) is 4. The Labute approximate surface area is 123 Å². The van der Waals surface area contributed by atoms with Crippen molar-refractivity contribution in [1.82, 2.24) is 10.3 Å². The maximum absolute atomic E-state index is 5.80. The quantitative estimate of drug-likeness (QED) is 0.920. The smallest absolute Gasteiger partial charge is 0.123 e. The van der Waals surface area contributed by atoms with Gasteiger partial charge < -0.3 is 10.1 Å². The topological polar surface area (TPSA) is 34.1 Å². The lowest BCUT2D eigenvalue weighted by Gasteiger charge is -2.19. The summed E-state index contributed by atoms with van der Waals surface area (Å²) in [7, 11) is 2.03. The monoisotopic (exact) mass is 286 g/mol. The van der Waals surface area contributed by atoms with Gasteiger partial charge in [-0.25, -0.2) is 4.98 Å². The normalized spacial score (nSPS) is 24.1. The van der Waals surface area contributed by atoms with E-state index < -0.39 is 0 Å². The standard InChI is InChI=1S/C16H18N2OS/c1-17-12-6-4-8-14-15(12)18-16(20-14)11-9-19-13-7-3-2-5-10(11)13/h2-3,5,7,11-12,17H,4,6,8-9H2,1H3. The average molecular weight is 286 g/mol. The van der Waals surface area contributed by atoms with E-state index in [1.807, 2.05) is 24.5 Å². The first kappa shape index (κ1) is 12.4. The first-order valence-electron chi connectivity index (χ1n) is 7.25. The fourth-order valence-electron chi connectivity index (χ4n) is 3.23. The molecular formula is C16H18N2OS. The summed E-state index contributed by atoms with van der Waals surface area (Å²) in [6, 6.07) is 8.78. The predicted octanol–water partition coefficient (Wildman–Crippen LogP) is 3.26. The van der Waals surface area contributed by atoms with Crippen LogP contribution in [0.25, 0.3) is 0 Å². The van der Waals surface area contributed by atoms with Crippen LogP contribution in [0, 0.1) is 0 Å². The minimum atomic E-state index is 0.319. The van der Waals surface area contributed by atoms with Crippen molar-refractivity contribution in [2.24, 2.45) is 0 Å². The van der Waals surface area contributed by atoms with Gasteiger partial charge in [-0.05, 0) is 32.4 Å². The summed E-state index contributed by atoms with van der Waals surface area (Å²) in [6.45, 7) is 0.732. The highest BCUT2D eigenvalue weighted by molar-refractivity contribution is 7.11. The molecule has 20 heavy (non-hydrogen) atoms. The van der Waals surface area contributed by atoms with Crippen LogP contribution >= 0.6 is 11.3 Å².